The number of halogens is 1. The molecule has 35 heavy (non-hydrogen) atoms. The lowest BCUT2D eigenvalue weighted by molar-refractivity contribution is -0.150. The fraction of sp³-hybridized carbons (Fsp3) is 0.462. The lowest BCUT2D eigenvalue weighted by Crippen LogP contribution is -2.58. The van der Waals surface area contributed by atoms with Gasteiger partial charge in [-0.15, -0.1) is 0 Å². The van der Waals surface area contributed by atoms with Crippen molar-refractivity contribution in [1.82, 2.24) is 10.2 Å². The topological polar surface area (TPSA) is 100 Å². The average molecular weight is 486 g/mol. The van der Waals surface area contributed by atoms with Crippen LogP contribution in [-0.2, 0) is 14.3 Å². The number of carbonyl (C=O) groups excluding carboxylic acids is 2. The zero-order valence-electron chi connectivity index (χ0n) is 19.7. The van der Waals surface area contributed by atoms with Crippen LogP contribution < -0.4 is 10.6 Å². The van der Waals surface area contributed by atoms with Crippen LogP contribution in [0.2, 0.25) is 0 Å². The van der Waals surface area contributed by atoms with Crippen LogP contribution in [0.3, 0.4) is 0 Å². The highest BCUT2D eigenvalue weighted by atomic mass is 19.1. The predicted octanol–water partition coefficient (Wildman–Crippen LogP) is 3.23. The summed E-state index contributed by atoms with van der Waals surface area (Å²) in [5.74, 6) is -0.557. The molecular weight excluding hydrogens is 453 g/mol. The number of amides is 3. The molecule has 0 aliphatic carbocycles. The molecule has 2 heterocycles. The van der Waals surface area contributed by atoms with E-state index in [0.717, 1.165) is 5.56 Å². The Hall–Kier alpha value is -3.01. The maximum Gasteiger partial charge on any atom is 0.322 e. The number of rotatable bonds is 5. The monoisotopic (exact) mass is 485 g/mol. The van der Waals surface area contributed by atoms with Crippen molar-refractivity contribution in [3.8, 4) is 0 Å². The van der Waals surface area contributed by atoms with E-state index in [-0.39, 0.29) is 50.3 Å². The minimum absolute atomic E-state index is 0.0609. The second-order valence-corrected chi connectivity index (χ2v) is 9.13. The Morgan fingerprint density at radius 3 is 2.71 bits per heavy atom. The molecule has 0 unspecified atom stereocenters. The fourth-order valence-electron chi connectivity index (χ4n) is 4.67. The Balaban J connectivity index is 1.38. The van der Waals surface area contributed by atoms with Gasteiger partial charge in [-0.2, -0.15) is 0 Å². The number of urea groups is 1. The van der Waals surface area contributed by atoms with Crippen molar-refractivity contribution < 1.29 is 28.6 Å². The molecule has 0 spiro atoms. The molecule has 0 saturated carbocycles. The molecule has 2 aromatic rings. The van der Waals surface area contributed by atoms with E-state index in [1.807, 2.05) is 37.3 Å². The molecule has 2 saturated heterocycles. The summed E-state index contributed by atoms with van der Waals surface area (Å²) in [6.45, 7) is 2.26. The van der Waals surface area contributed by atoms with Gasteiger partial charge in [0.2, 0.25) is 5.91 Å². The number of nitrogens with zero attached hydrogens (tertiary/aromatic N) is 1. The molecular formula is C26H32FN3O5. The van der Waals surface area contributed by atoms with Gasteiger partial charge in [-0.3, -0.25) is 4.79 Å². The SMILES string of the molecule is C[C@@H](NC(=O)C[C@H]1CC[C@H]2[C@@H](COC[C@@H](O)CN2C(=O)Nc2cccc(F)c2)O1)c1ccccc1. The van der Waals surface area contributed by atoms with Gasteiger partial charge in [0.1, 0.15) is 11.9 Å². The Morgan fingerprint density at radius 1 is 1.14 bits per heavy atom. The molecule has 188 valence electrons. The van der Waals surface area contributed by atoms with Gasteiger partial charge in [-0.1, -0.05) is 36.4 Å². The molecule has 3 N–H and O–H groups in total. The number of aliphatic hydroxyl groups is 1. The molecule has 2 aliphatic heterocycles. The van der Waals surface area contributed by atoms with Gasteiger partial charge >= 0.3 is 6.03 Å². The van der Waals surface area contributed by atoms with Crippen molar-refractivity contribution in [2.24, 2.45) is 0 Å². The van der Waals surface area contributed by atoms with Crippen molar-refractivity contribution in [3.63, 3.8) is 0 Å². The first-order valence-corrected chi connectivity index (χ1v) is 12.0. The Labute approximate surface area is 204 Å². The van der Waals surface area contributed by atoms with Crippen molar-refractivity contribution in [1.29, 1.82) is 0 Å². The van der Waals surface area contributed by atoms with E-state index in [0.29, 0.717) is 18.5 Å². The van der Waals surface area contributed by atoms with Gasteiger partial charge < -0.3 is 30.1 Å². The van der Waals surface area contributed by atoms with Crippen LogP contribution in [-0.4, -0.2) is 66.1 Å². The highest BCUT2D eigenvalue weighted by Crippen LogP contribution is 2.28. The summed E-state index contributed by atoms with van der Waals surface area (Å²) in [7, 11) is 0. The molecule has 2 aliphatic rings. The van der Waals surface area contributed by atoms with Crippen LogP contribution in [0, 0.1) is 5.82 Å². The largest absolute Gasteiger partial charge is 0.389 e. The van der Waals surface area contributed by atoms with Crippen molar-refractivity contribution in [2.75, 3.05) is 25.1 Å². The lowest BCUT2D eigenvalue weighted by Gasteiger charge is -2.44. The highest BCUT2D eigenvalue weighted by Gasteiger charge is 2.40. The van der Waals surface area contributed by atoms with E-state index in [2.05, 4.69) is 10.6 Å². The number of fused-ring (bicyclic) bond motifs is 1. The first kappa shape index (κ1) is 25.1. The van der Waals surface area contributed by atoms with Gasteiger partial charge in [0, 0.05) is 5.69 Å². The third kappa shape index (κ3) is 6.78. The highest BCUT2D eigenvalue weighted by molar-refractivity contribution is 5.89. The Bertz CT molecular complexity index is 1010. The van der Waals surface area contributed by atoms with E-state index in [4.69, 9.17) is 9.47 Å². The number of ether oxygens (including phenoxy) is 2. The van der Waals surface area contributed by atoms with Crippen LogP contribution in [0.1, 0.15) is 37.8 Å². The second-order valence-electron chi connectivity index (χ2n) is 9.13. The number of hydrogen-bond acceptors (Lipinski definition) is 5. The zero-order valence-corrected chi connectivity index (χ0v) is 19.7. The van der Waals surface area contributed by atoms with E-state index in [1.165, 1.54) is 23.1 Å². The van der Waals surface area contributed by atoms with Crippen molar-refractivity contribution >= 4 is 17.6 Å². The molecule has 8 nitrogen and oxygen atoms in total. The van der Waals surface area contributed by atoms with Crippen LogP contribution in [0.15, 0.2) is 54.6 Å². The van der Waals surface area contributed by atoms with Crippen molar-refractivity contribution in [2.45, 2.75) is 56.6 Å². The Morgan fingerprint density at radius 2 is 1.94 bits per heavy atom. The maximum atomic E-state index is 13.6. The number of nitrogens with one attached hydrogen (secondary N) is 2. The molecule has 0 aromatic heterocycles. The van der Waals surface area contributed by atoms with E-state index < -0.39 is 24.1 Å². The van der Waals surface area contributed by atoms with Gasteiger partial charge in [-0.05, 0) is 43.5 Å². The van der Waals surface area contributed by atoms with E-state index >= 15 is 0 Å². The quantitative estimate of drug-likeness (QED) is 0.604. The number of hydrogen-bond donors (Lipinski definition) is 3. The predicted molar refractivity (Wildman–Crippen MR) is 128 cm³/mol. The summed E-state index contributed by atoms with van der Waals surface area (Å²) in [5, 5.41) is 16.0. The summed E-state index contributed by atoms with van der Waals surface area (Å²) >= 11 is 0. The van der Waals surface area contributed by atoms with Crippen LogP contribution in [0.5, 0.6) is 0 Å². The smallest absolute Gasteiger partial charge is 0.322 e. The van der Waals surface area contributed by atoms with Crippen molar-refractivity contribution in [3.05, 3.63) is 66.0 Å². The molecule has 2 fully saturated rings. The second kappa shape index (κ2) is 11.6. The minimum atomic E-state index is -0.850. The third-order valence-electron chi connectivity index (χ3n) is 6.41. The van der Waals surface area contributed by atoms with Gasteiger partial charge in [0.05, 0.1) is 50.5 Å². The van der Waals surface area contributed by atoms with Crippen LogP contribution in [0.4, 0.5) is 14.9 Å². The number of β-amino-alcohol motifs (C(OH)–C–C–N with tert-alkyl or cyclic N) is 1. The molecule has 9 heteroatoms. The number of aliphatic hydroxyl groups excluding tert-OH is 1. The molecule has 0 radical (unpaired) electrons. The van der Waals surface area contributed by atoms with E-state index in [9.17, 15) is 19.1 Å². The summed E-state index contributed by atoms with van der Waals surface area (Å²) in [6, 6.07) is 14.5. The molecule has 3 amide bonds. The summed E-state index contributed by atoms with van der Waals surface area (Å²) in [6.07, 6.45) is -0.229. The summed E-state index contributed by atoms with van der Waals surface area (Å²) < 4.78 is 25.4. The number of benzene rings is 2. The summed E-state index contributed by atoms with van der Waals surface area (Å²) in [4.78, 5) is 27.3. The fourth-order valence-corrected chi connectivity index (χ4v) is 4.67. The molecule has 4 rings (SSSR count). The molecule has 0 bridgehead atoms. The Kier molecular flexibility index (Phi) is 8.33. The summed E-state index contributed by atoms with van der Waals surface area (Å²) in [5.41, 5.74) is 1.36. The normalized spacial score (nSPS) is 25.5. The number of carbonyl (C=O) groups is 2. The maximum absolute atomic E-state index is 13.6. The third-order valence-corrected chi connectivity index (χ3v) is 6.41. The first-order chi connectivity index (χ1) is 16.9. The first-order valence-electron chi connectivity index (χ1n) is 12.0. The van der Waals surface area contributed by atoms with Crippen LogP contribution in [0.25, 0.3) is 0 Å². The zero-order chi connectivity index (χ0) is 24.8. The minimum Gasteiger partial charge on any atom is -0.389 e. The van der Waals surface area contributed by atoms with E-state index in [1.54, 1.807) is 6.07 Å². The van der Waals surface area contributed by atoms with Crippen LogP contribution >= 0.6 is 0 Å². The molecule has 5 atom stereocenters. The number of anilines is 1. The van der Waals surface area contributed by atoms with Gasteiger partial charge in [-0.25, -0.2) is 9.18 Å². The van der Waals surface area contributed by atoms with Gasteiger partial charge in [0.15, 0.2) is 0 Å². The standard InChI is InChI=1S/C26H32FN3O5/c1-17(18-6-3-2-4-7-18)28-25(32)13-22-10-11-23-24(35-22)16-34-15-21(31)14-30(23)26(33)29-20-9-5-8-19(27)12-20/h2-9,12,17,21-24,31H,10-11,13-16H2,1H3,(H,28,32)(H,29,33)/t17-,21+,22-,23+,24-/m1/s1. The average Bonchev–Trinajstić information content (AvgIpc) is 2.82. The lowest BCUT2D eigenvalue weighted by atomic mass is 9.94. The molecule has 2 aromatic carbocycles. The van der Waals surface area contributed by atoms with Gasteiger partial charge in [0.25, 0.3) is 0 Å².